The van der Waals surface area contributed by atoms with Crippen molar-refractivity contribution in [2.24, 2.45) is 0 Å². The van der Waals surface area contributed by atoms with Gasteiger partial charge in [-0.25, -0.2) is 4.79 Å². The number of rotatable bonds is 1. The minimum absolute atomic E-state index is 0. The Hall–Kier alpha value is -1.59. The lowest BCUT2D eigenvalue weighted by Crippen LogP contribution is -2.49. The van der Waals surface area contributed by atoms with Crippen molar-refractivity contribution in [3.05, 3.63) is 29.3 Å². The first-order chi connectivity index (χ1) is 9.10. The smallest absolute Gasteiger partial charge is 0.335 e. The van der Waals surface area contributed by atoms with Gasteiger partial charge in [0.05, 0.1) is 17.5 Å². The molecular formula is C14H16ClNO4. The molecule has 0 aromatic heterocycles. The van der Waals surface area contributed by atoms with Crippen molar-refractivity contribution >= 4 is 24.2 Å². The van der Waals surface area contributed by atoms with Crippen molar-refractivity contribution in [1.82, 2.24) is 5.32 Å². The number of carboxylic acid groups (broad SMARTS) is 1. The summed E-state index contributed by atoms with van der Waals surface area (Å²) in [6.45, 7) is 1.69. The summed E-state index contributed by atoms with van der Waals surface area (Å²) in [6.07, 6.45) is 1.95. The summed E-state index contributed by atoms with van der Waals surface area (Å²) < 4.78 is 6.01. The van der Waals surface area contributed by atoms with E-state index in [-0.39, 0.29) is 23.8 Å². The van der Waals surface area contributed by atoms with Crippen molar-refractivity contribution < 1.29 is 19.4 Å². The summed E-state index contributed by atoms with van der Waals surface area (Å²) in [4.78, 5) is 23.2. The molecule has 108 valence electrons. The Morgan fingerprint density at radius 2 is 2.00 bits per heavy atom. The largest absolute Gasteiger partial charge is 0.486 e. The molecule has 5 nitrogen and oxygen atoms in total. The monoisotopic (exact) mass is 297 g/mol. The van der Waals surface area contributed by atoms with Gasteiger partial charge in [0.2, 0.25) is 0 Å². The number of ketones is 1. The summed E-state index contributed by atoms with van der Waals surface area (Å²) >= 11 is 0. The Morgan fingerprint density at radius 1 is 1.30 bits per heavy atom. The minimum atomic E-state index is -1.03. The Labute approximate surface area is 122 Å². The van der Waals surface area contributed by atoms with Gasteiger partial charge in [0, 0.05) is 12.8 Å². The van der Waals surface area contributed by atoms with Gasteiger partial charge in [-0.3, -0.25) is 4.79 Å². The third kappa shape index (κ3) is 2.51. The second-order valence-electron chi connectivity index (χ2n) is 5.15. The number of aromatic carboxylic acids is 1. The number of fused-ring (bicyclic) bond motifs is 1. The number of carbonyl (C=O) groups excluding carboxylic acids is 1. The van der Waals surface area contributed by atoms with E-state index in [1.165, 1.54) is 12.1 Å². The van der Waals surface area contributed by atoms with E-state index in [0.29, 0.717) is 17.7 Å². The van der Waals surface area contributed by atoms with E-state index in [2.05, 4.69) is 5.32 Å². The lowest BCUT2D eigenvalue weighted by atomic mass is 9.83. The van der Waals surface area contributed by atoms with Crippen LogP contribution in [0.4, 0.5) is 0 Å². The van der Waals surface area contributed by atoms with Gasteiger partial charge in [-0.15, -0.1) is 12.4 Å². The zero-order valence-electron chi connectivity index (χ0n) is 10.8. The third-order valence-electron chi connectivity index (χ3n) is 3.85. The van der Waals surface area contributed by atoms with Gasteiger partial charge in [-0.05, 0) is 31.3 Å². The highest BCUT2D eigenvalue weighted by atomic mass is 35.5. The Kier molecular flexibility index (Phi) is 4.01. The molecule has 20 heavy (non-hydrogen) atoms. The quantitative estimate of drug-likeness (QED) is 0.828. The number of halogens is 1. The number of hydrogen-bond donors (Lipinski definition) is 2. The van der Waals surface area contributed by atoms with Crippen LogP contribution in [0.3, 0.4) is 0 Å². The Balaban J connectivity index is 0.00000147. The maximum atomic E-state index is 12.2. The number of ether oxygens (including phenoxy) is 1. The van der Waals surface area contributed by atoms with Crippen LogP contribution in [-0.4, -0.2) is 35.5 Å². The summed E-state index contributed by atoms with van der Waals surface area (Å²) in [5.41, 5.74) is 0.112. The summed E-state index contributed by atoms with van der Waals surface area (Å²) in [5.74, 6) is -0.535. The second-order valence-corrected chi connectivity index (χ2v) is 5.15. The molecule has 6 heteroatoms. The highest BCUT2D eigenvalue weighted by molar-refractivity contribution is 6.02. The molecule has 0 aliphatic carbocycles. The van der Waals surface area contributed by atoms with Crippen LogP contribution < -0.4 is 10.1 Å². The van der Waals surface area contributed by atoms with E-state index in [9.17, 15) is 9.59 Å². The molecule has 2 N–H and O–H groups in total. The molecule has 0 saturated carbocycles. The molecule has 1 fully saturated rings. The molecule has 0 radical (unpaired) electrons. The lowest BCUT2D eigenvalue weighted by Gasteiger charge is -2.40. The lowest BCUT2D eigenvalue weighted by molar-refractivity contribution is 0.0187. The van der Waals surface area contributed by atoms with Crippen LogP contribution in [0.15, 0.2) is 18.2 Å². The number of benzene rings is 1. The number of carboxylic acids is 1. The average Bonchev–Trinajstić information content (AvgIpc) is 2.39. The molecule has 0 amide bonds. The number of hydrogen-bond acceptors (Lipinski definition) is 4. The molecule has 1 aromatic rings. The number of carbonyl (C=O) groups is 2. The maximum absolute atomic E-state index is 12.2. The van der Waals surface area contributed by atoms with E-state index in [1.807, 2.05) is 0 Å². The molecule has 3 rings (SSSR count). The second kappa shape index (κ2) is 5.42. The number of nitrogens with one attached hydrogen (secondary N) is 1. The minimum Gasteiger partial charge on any atom is -0.486 e. The van der Waals surface area contributed by atoms with Crippen LogP contribution in [0.2, 0.25) is 0 Å². The molecular weight excluding hydrogens is 282 g/mol. The fraction of sp³-hybridized carbons (Fsp3) is 0.429. The Morgan fingerprint density at radius 3 is 2.65 bits per heavy atom. The van der Waals surface area contributed by atoms with Crippen molar-refractivity contribution in [3.8, 4) is 5.75 Å². The topological polar surface area (TPSA) is 75.6 Å². The number of Topliss-reactive ketones (excluding diaryl/α,β-unsaturated/α-hetero) is 1. The predicted molar refractivity (Wildman–Crippen MR) is 75.1 cm³/mol. The normalized spacial score (nSPS) is 19.7. The van der Waals surface area contributed by atoms with Gasteiger partial charge in [0.25, 0.3) is 0 Å². The van der Waals surface area contributed by atoms with E-state index in [1.54, 1.807) is 6.07 Å². The third-order valence-corrected chi connectivity index (χ3v) is 3.85. The van der Waals surface area contributed by atoms with E-state index < -0.39 is 11.6 Å². The summed E-state index contributed by atoms with van der Waals surface area (Å²) in [7, 11) is 0. The van der Waals surface area contributed by atoms with E-state index in [4.69, 9.17) is 9.84 Å². The average molecular weight is 298 g/mol. The van der Waals surface area contributed by atoms with Gasteiger partial charge < -0.3 is 15.2 Å². The molecule has 2 aliphatic rings. The molecule has 1 saturated heterocycles. The van der Waals surface area contributed by atoms with Crippen LogP contribution in [0.25, 0.3) is 0 Å². The molecule has 0 unspecified atom stereocenters. The summed E-state index contributed by atoms with van der Waals surface area (Å²) in [5, 5.41) is 12.2. The zero-order valence-corrected chi connectivity index (χ0v) is 11.7. The number of piperidine rings is 1. The zero-order chi connectivity index (χ0) is 13.5. The van der Waals surface area contributed by atoms with Crippen LogP contribution >= 0.6 is 12.4 Å². The van der Waals surface area contributed by atoms with Crippen LogP contribution in [0.1, 0.15) is 40.0 Å². The predicted octanol–water partition coefficient (Wildman–Crippen LogP) is 1.89. The molecule has 2 heterocycles. The van der Waals surface area contributed by atoms with Crippen LogP contribution in [0, 0.1) is 0 Å². The van der Waals surface area contributed by atoms with Gasteiger partial charge in [0.15, 0.2) is 5.78 Å². The van der Waals surface area contributed by atoms with E-state index in [0.717, 1.165) is 25.9 Å². The highest BCUT2D eigenvalue weighted by Gasteiger charge is 2.41. The van der Waals surface area contributed by atoms with Crippen molar-refractivity contribution in [2.75, 3.05) is 13.1 Å². The fourth-order valence-corrected chi connectivity index (χ4v) is 2.79. The first-order valence-corrected chi connectivity index (χ1v) is 6.40. The molecule has 1 aromatic carbocycles. The molecule has 2 aliphatic heterocycles. The van der Waals surface area contributed by atoms with Crippen LogP contribution in [-0.2, 0) is 0 Å². The van der Waals surface area contributed by atoms with Gasteiger partial charge >= 0.3 is 5.97 Å². The fourth-order valence-electron chi connectivity index (χ4n) is 2.79. The van der Waals surface area contributed by atoms with Gasteiger partial charge in [-0.1, -0.05) is 0 Å². The molecule has 1 spiro atoms. The molecule has 0 bridgehead atoms. The van der Waals surface area contributed by atoms with E-state index >= 15 is 0 Å². The van der Waals surface area contributed by atoms with Gasteiger partial charge in [-0.2, -0.15) is 0 Å². The highest BCUT2D eigenvalue weighted by Crippen LogP contribution is 2.38. The van der Waals surface area contributed by atoms with Crippen molar-refractivity contribution in [2.45, 2.75) is 24.9 Å². The Bertz CT molecular complexity index is 552. The SMILES string of the molecule is Cl.O=C(O)c1ccc2c(c1)C(=O)CC1(CCNCC1)O2. The summed E-state index contributed by atoms with van der Waals surface area (Å²) in [6, 6.07) is 4.49. The van der Waals surface area contributed by atoms with Crippen LogP contribution in [0.5, 0.6) is 5.75 Å². The standard InChI is InChI=1S/C14H15NO4.ClH/c16-11-8-14(3-5-15-6-4-14)19-12-2-1-9(13(17)18)7-10(11)12;/h1-2,7,15H,3-6,8H2,(H,17,18);1H. The van der Waals surface area contributed by atoms with Gasteiger partial charge in [0.1, 0.15) is 11.4 Å². The first kappa shape index (κ1) is 14.8. The molecule has 0 atom stereocenters. The first-order valence-electron chi connectivity index (χ1n) is 6.40. The van der Waals surface area contributed by atoms with Crippen molar-refractivity contribution in [3.63, 3.8) is 0 Å². The van der Waals surface area contributed by atoms with Crippen molar-refractivity contribution in [1.29, 1.82) is 0 Å². The maximum Gasteiger partial charge on any atom is 0.335 e.